The van der Waals surface area contributed by atoms with Gasteiger partial charge in [-0.2, -0.15) is 0 Å². The lowest BCUT2D eigenvalue weighted by atomic mass is 9.63. The van der Waals surface area contributed by atoms with E-state index in [1.54, 1.807) is 0 Å². The minimum absolute atomic E-state index is 0.208. The zero-order chi connectivity index (χ0) is 21.7. The lowest BCUT2D eigenvalue weighted by Crippen LogP contribution is -2.33. The van der Waals surface area contributed by atoms with Gasteiger partial charge in [-0.3, -0.25) is 4.79 Å². The van der Waals surface area contributed by atoms with Crippen molar-refractivity contribution in [2.75, 3.05) is 0 Å². The number of benzene rings is 3. The Hall–Kier alpha value is -2.61. The molecule has 2 nitrogen and oxygen atoms in total. The van der Waals surface area contributed by atoms with Crippen LogP contribution in [-0.2, 0) is 27.0 Å². The molecule has 1 aliphatic carbocycles. The number of fused-ring (bicyclic) bond motifs is 2. The van der Waals surface area contributed by atoms with Crippen LogP contribution in [0.15, 0.2) is 48.5 Å². The number of hydrogen-bond acceptors (Lipinski definition) is 2. The van der Waals surface area contributed by atoms with Crippen LogP contribution in [0.5, 0.6) is 0 Å². The molecular formula is C28H32O2. The summed E-state index contributed by atoms with van der Waals surface area (Å²) in [5, 5.41) is 2.43. The minimum atomic E-state index is -0.247. The first kappa shape index (κ1) is 20.7. The summed E-state index contributed by atoms with van der Waals surface area (Å²) in [7, 11) is 0. The number of esters is 1. The minimum Gasteiger partial charge on any atom is -0.461 e. The fourth-order valence-electron chi connectivity index (χ4n) is 4.81. The number of rotatable bonds is 3. The zero-order valence-electron chi connectivity index (χ0n) is 19.1. The third kappa shape index (κ3) is 3.64. The largest absolute Gasteiger partial charge is 0.461 e. The Labute approximate surface area is 180 Å². The summed E-state index contributed by atoms with van der Waals surface area (Å²) in [4.78, 5) is 11.2. The number of aryl methyl sites for hydroxylation is 1. The van der Waals surface area contributed by atoms with E-state index in [2.05, 4.69) is 83.1 Å². The molecule has 0 unspecified atom stereocenters. The van der Waals surface area contributed by atoms with Crippen LogP contribution in [0.3, 0.4) is 0 Å². The zero-order valence-corrected chi connectivity index (χ0v) is 19.1. The number of hydrogen-bond donors (Lipinski definition) is 0. The van der Waals surface area contributed by atoms with Gasteiger partial charge in [0.1, 0.15) is 6.61 Å². The van der Waals surface area contributed by atoms with Gasteiger partial charge in [0.2, 0.25) is 0 Å². The molecular weight excluding hydrogens is 368 g/mol. The molecule has 1 aliphatic rings. The van der Waals surface area contributed by atoms with E-state index in [1.165, 1.54) is 58.4 Å². The van der Waals surface area contributed by atoms with Crippen molar-refractivity contribution in [2.24, 2.45) is 0 Å². The smallest absolute Gasteiger partial charge is 0.302 e. The normalized spacial score (nSPS) is 16.9. The van der Waals surface area contributed by atoms with Crippen molar-refractivity contribution in [1.82, 2.24) is 0 Å². The molecule has 0 saturated carbocycles. The van der Waals surface area contributed by atoms with E-state index < -0.39 is 0 Å². The summed E-state index contributed by atoms with van der Waals surface area (Å²) >= 11 is 0. The SMILES string of the molecule is CC(=O)OCc1ccc2cc(-c3ccc4c(c3)C(C)(C)CCC4(C)C)ccc2c1C. The van der Waals surface area contributed by atoms with E-state index in [-0.39, 0.29) is 16.8 Å². The van der Waals surface area contributed by atoms with E-state index >= 15 is 0 Å². The van der Waals surface area contributed by atoms with Gasteiger partial charge in [0.15, 0.2) is 0 Å². The van der Waals surface area contributed by atoms with E-state index in [0.717, 1.165) is 5.56 Å². The maximum Gasteiger partial charge on any atom is 0.302 e. The molecule has 0 radical (unpaired) electrons. The van der Waals surface area contributed by atoms with Crippen LogP contribution < -0.4 is 0 Å². The summed E-state index contributed by atoms with van der Waals surface area (Å²) in [5.74, 6) is -0.247. The van der Waals surface area contributed by atoms with Crippen molar-refractivity contribution in [1.29, 1.82) is 0 Å². The van der Waals surface area contributed by atoms with Crippen molar-refractivity contribution in [3.05, 3.63) is 70.8 Å². The van der Waals surface area contributed by atoms with E-state index in [4.69, 9.17) is 4.74 Å². The Morgan fingerprint density at radius 1 is 0.867 bits per heavy atom. The molecule has 0 fully saturated rings. The van der Waals surface area contributed by atoms with Gasteiger partial charge in [-0.15, -0.1) is 0 Å². The Morgan fingerprint density at radius 3 is 2.20 bits per heavy atom. The van der Waals surface area contributed by atoms with Crippen LogP contribution in [0.1, 0.15) is 69.7 Å². The van der Waals surface area contributed by atoms with E-state index in [9.17, 15) is 4.79 Å². The number of ether oxygens (including phenoxy) is 1. The number of carbonyl (C=O) groups excluding carboxylic acids is 1. The van der Waals surface area contributed by atoms with Gasteiger partial charge in [0.25, 0.3) is 0 Å². The first-order chi connectivity index (χ1) is 14.1. The second-order valence-corrected chi connectivity index (χ2v) is 10.1. The second kappa shape index (κ2) is 7.27. The highest BCUT2D eigenvalue weighted by molar-refractivity contribution is 5.90. The molecule has 4 rings (SSSR count). The third-order valence-electron chi connectivity index (χ3n) is 7.02. The van der Waals surface area contributed by atoms with Crippen LogP contribution in [0, 0.1) is 6.92 Å². The molecule has 3 aromatic carbocycles. The van der Waals surface area contributed by atoms with Gasteiger partial charge in [0, 0.05) is 6.92 Å². The lowest BCUT2D eigenvalue weighted by Gasteiger charge is -2.42. The molecule has 0 aromatic heterocycles. The van der Waals surface area contributed by atoms with Crippen molar-refractivity contribution in [3.8, 4) is 11.1 Å². The van der Waals surface area contributed by atoms with Crippen molar-refractivity contribution >= 4 is 16.7 Å². The predicted molar refractivity (Wildman–Crippen MR) is 125 cm³/mol. The monoisotopic (exact) mass is 400 g/mol. The highest BCUT2D eigenvalue weighted by atomic mass is 16.5. The van der Waals surface area contributed by atoms with Gasteiger partial charge in [-0.25, -0.2) is 0 Å². The summed E-state index contributed by atoms with van der Waals surface area (Å²) in [6.07, 6.45) is 2.45. The Kier molecular flexibility index (Phi) is 5.00. The third-order valence-corrected chi connectivity index (χ3v) is 7.02. The summed E-state index contributed by atoms with van der Waals surface area (Å²) in [6, 6.07) is 18.0. The van der Waals surface area contributed by atoms with Gasteiger partial charge in [0.05, 0.1) is 0 Å². The molecule has 0 amide bonds. The Balaban J connectivity index is 1.75. The molecule has 0 N–H and O–H groups in total. The maximum absolute atomic E-state index is 11.2. The molecule has 2 heteroatoms. The molecule has 0 spiro atoms. The standard InChI is InChI=1S/C28H32O2/c1-18-23(17-30-19(2)29)8-7-22-15-20(9-11-24(18)22)21-10-12-25-26(16-21)28(5,6)14-13-27(25,3)4/h7-12,15-16H,13-14,17H2,1-6H3. The van der Waals surface area contributed by atoms with E-state index in [0.29, 0.717) is 6.61 Å². The molecule has 0 atom stereocenters. The van der Waals surface area contributed by atoms with Gasteiger partial charge in [-0.05, 0) is 80.8 Å². The van der Waals surface area contributed by atoms with Crippen LogP contribution in [0.2, 0.25) is 0 Å². The average molecular weight is 401 g/mol. The highest BCUT2D eigenvalue weighted by Gasteiger charge is 2.36. The predicted octanol–water partition coefficient (Wildman–Crippen LogP) is 7.23. The second-order valence-electron chi connectivity index (χ2n) is 10.1. The molecule has 30 heavy (non-hydrogen) atoms. The quantitative estimate of drug-likeness (QED) is 0.434. The Morgan fingerprint density at radius 2 is 1.50 bits per heavy atom. The molecule has 0 aliphatic heterocycles. The van der Waals surface area contributed by atoms with Gasteiger partial charge >= 0.3 is 5.97 Å². The molecule has 156 valence electrons. The number of carbonyl (C=O) groups is 1. The molecule has 0 heterocycles. The van der Waals surface area contributed by atoms with Crippen molar-refractivity contribution in [3.63, 3.8) is 0 Å². The summed E-state index contributed by atoms with van der Waals surface area (Å²) in [5.41, 5.74) is 8.19. The average Bonchev–Trinajstić information content (AvgIpc) is 2.70. The van der Waals surface area contributed by atoms with Crippen LogP contribution in [0.4, 0.5) is 0 Å². The van der Waals surface area contributed by atoms with Crippen LogP contribution >= 0.6 is 0 Å². The van der Waals surface area contributed by atoms with Crippen LogP contribution in [0.25, 0.3) is 21.9 Å². The van der Waals surface area contributed by atoms with Gasteiger partial charge < -0.3 is 4.74 Å². The highest BCUT2D eigenvalue weighted by Crippen LogP contribution is 2.46. The fourth-order valence-corrected chi connectivity index (χ4v) is 4.81. The summed E-state index contributed by atoms with van der Waals surface area (Å²) in [6.45, 7) is 13.4. The Bertz CT molecular complexity index is 1130. The van der Waals surface area contributed by atoms with Crippen LogP contribution in [-0.4, -0.2) is 5.97 Å². The topological polar surface area (TPSA) is 26.3 Å². The van der Waals surface area contributed by atoms with Crippen molar-refractivity contribution < 1.29 is 9.53 Å². The van der Waals surface area contributed by atoms with E-state index in [1.807, 2.05) is 0 Å². The lowest BCUT2D eigenvalue weighted by molar-refractivity contribution is -0.142. The molecule has 3 aromatic rings. The maximum atomic E-state index is 11.2. The van der Waals surface area contributed by atoms with Gasteiger partial charge in [-0.1, -0.05) is 70.2 Å². The van der Waals surface area contributed by atoms with Crippen molar-refractivity contribution in [2.45, 2.75) is 71.8 Å². The fraction of sp³-hybridized carbons (Fsp3) is 0.393. The first-order valence-electron chi connectivity index (χ1n) is 10.9. The first-order valence-corrected chi connectivity index (χ1v) is 10.9. The molecule has 0 saturated heterocycles. The summed E-state index contributed by atoms with van der Waals surface area (Å²) < 4.78 is 5.20. The molecule has 0 bridgehead atoms.